The van der Waals surface area contributed by atoms with Crippen molar-refractivity contribution in [1.29, 1.82) is 5.41 Å². The Hall–Kier alpha value is -3.59. The number of hydrogen-bond donors (Lipinski definition) is 3. The molecule has 3 N–H and O–H groups in total. The number of fused-ring (bicyclic) bond motifs is 1. The number of aromatic nitrogens is 1. The first-order valence-electron chi connectivity index (χ1n) is 11.4. The van der Waals surface area contributed by atoms with Crippen LogP contribution in [-0.2, 0) is 23.8 Å². The molecule has 1 aliphatic rings. The van der Waals surface area contributed by atoms with Crippen LogP contribution in [0.1, 0.15) is 35.7 Å². The normalized spacial score (nSPS) is 15.1. The molecule has 4 rings (SSSR count). The first kappa shape index (κ1) is 25.5. The fourth-order valence-corrected chi connectivity index (χ4v) is 4.32. The molecule has 0 saturated carbocycles. The van der Waals surface area contributed by atoms with Crippen LogP contribution in [0.25, 0.3) is 0 Å². The molecule has 188 valence electrons. The Bertz CT molecular complexity index is 1300. The van der Waals surface area contributed by atoms with Crippen molar-refractivity contribution >= 4 is 29.0 Å². The molecule has 0 radical (unpaired) electrons. The van der Waals surface area contributed by atoms with E-state index in [0.29, 0.717) is 43.0 Å². The van der Waals surface area contributed by atoms with E-state index in [0.717, 1.165) is 23.3 Å². The molecule has 1 heterocycles. The topological polar surface area (TPSA) is 87.1 Å². The Kier molecular flexibility index (Phi) is 7.49. The lowest BCUT2D eigenvalue weighted by Gasteiger charge is -2.24. The first-order chi connectivity index (χ1) is 17.1. The summed E-state index contributed by atoms with van der Waals surface area (Å²) in [6.07, 6.45) is -1.36. The molecule has 1 aromatic heterocycles. The van der Waals surface area contributed by atoms with Crippen LogP contribution in [0, 0.1) is 11.3 Å². The number of carbonyl (C=O) groups is 1. The molecule has 36 heavy (non-hydrogen) atoms. The number of nitrogens with one attached hydrogen (secondary N) is 3. The average Bonchev–Trinajstić information content (AvgIpc) is 2.84. The highest BCUT2D eigenvalue weighted by Gasteiger charge is 2.34. The minimum absolute atomic E-state index is 0.0521. The summed E-state index contributed by atoms with van der Waals surface area (Å²) in [5, 5.41) is 13.1. The van der Waals surface area contributed by atoms with Gasteiger partial charge in [-0.05, 0) is 73.7 Å². The third-order valence-corrected chi connectivity index (χ3v) is 6.22. The molecular weight excluding hydrogens is 493 g/mol. The van der Waals surface area contributed by atoms with Crippen molar-refractivity contribution in [2.75, 3.05) is 11.9 Å². The van der Waals surface area contributed by atoms with Gasteiger partial charge in [-0.2, -0.15) is 13.2 Å². The van der Waals surface area contributed by atoms with E-state index in [9.17, 15) is 18.0 Å². The Balaban J connectivity index is 1.46. The van der Waals surface area contributed by atoms with E-state index in [4.69, 9.17) is 21.7 Å². The Morgan fingerprint density at radius 3 is 2.67 bits per heavy atom. The molecule has 1 amide bonds. The number of amides is 1. The molecule has 1 unspecified atom stereocenters. The first-order valence-corrected chi connectivity index (χ1v) is 11.8. The molecule has 0 aliphatic heterocycles. The van der Waals surface area contributed by atoms with E-state index >= 15 is 0 Å². The van der Waals surface area contributed by atoms with Crippen molar-refractivity contribution in [1.82, 2.24) is 10.3 Å². The number of pyridine rings is 1. The number of amidine groups is 1. The fraction of sp³-hybridized carbons (Fsp3) is 0.269. The molecule has 1 aliphatic carbocycles. The highest BCUT2D eigenvalue weighted by Crippen LogP contribution is 2.37. The Morgan fingerprint density at radius 2 is 1.92 bits per heavy atom. The molecule has 10 heteroatoms. The van der Waals surface area contributed by atoms with Gasteiger partial charge in [0.2, 0.25) is 5.91 Å². The summed E-state index contributed by atoms with van der Waals surface area (Å²) in [4.78, 5) is 17.0. The summed E-state index contributed by atoms with van der Waals surface area (Å²) < 4.78 is 45.4. The zero-order valence-electron chi connectivity index (χ0n) is 19.4. The summed E-state index contributed by atoms with van der Waals surface area (Å²) >= 11 is 5.67. The van der Waals surface area contributed by atoms with Gasteiger partial charge in [0.05, 0.1) is 10.6 Å². The second kappa shape index (κ2) is 10.6. The van der Waals surface area contributed by atoms with Crippen LogP contribution in [0.15, 0.2) is 54.7 Å². The second-order valence-electron chi connectivity index (χ2n) is 8.44. The number of hydrogen-bond acceptors (Lipinski definition) is 4. The predicted octanol–water partition coefficient (Wildman–Crippen LogP) is 6.22. The number of carbonyl (C=O) groups excluding carboxylic acids is 1. The van der Waals surface area contributed by atoms with Crippen molar-refractivity contribution < 1.29 is 22.7 Å². The van der Waals surface area contributed by atoms with Gasteiger partial charge in [0, 0.05) is 30.4 Å². The lowest BCUT2D eigenvalue weighted by Crippen LogP contribution is -2.28. The van der Waals surface area contributed by atoms with Gasteiger partial charge in [-0.1, -0.05) is 17.7 Å². The van der Waals surface area contributed by atoms with Crippen LogP contribution < -0.4 is 15.4 Å². The van der Waals surface area contributed by atoms with Gasteiger partial charge in [0.25, 0.3) is 0 Å². The van der Waals surface area contributed by atoms with E-state index in [-0.39, 0.29) is 17.4 Å². The predicted molar refractivity (Wildman–Crippen MR) is 132 cm³/mol. The lowest BCUT2D eigenvalue weighted by molar-refractivity contribution is -0.137. The summed E-state index contributed by atoms with van der Waals surface area (Å²) in [6, 6.07) is 12.4. The summed E-state index contributed by atoms with van der Waals surface area (Å²) in [6.45, 7) is 2.50. The minimum atomic E-state index is -4.61. The van der Waals surface area contributed by atoms with Crippen molar-refractivity contribution in [3.8, 4) is 11.5 Å². The van der Waals surface area contributed by atoms with Gasteiger partial charge >= 0.3 is 6.18 Å². The van der Waals surface area contributed by atoms with Gasteiger partial charge in [-0.3, -0.25) is 15.2 Å². The average molecular weight is 517 g/mol. The van der Waals surface area contributed by atoms with Crippen LogP contribution >= 0.6 is 11.6 Å². The van der Waals surface area contributed by atoms with E-state index in [1.807, 2.05) is 25.1 Å². The van der Waals surface area contributed by atoms with Crippen LogP contribution in [0.5, 0.6) is 11.5 Å². The number of ether oxygens (including phenoxy) is 1. The zero-order valence-corrected chi connectivity index (χ0v) is 20.1. The van der Waals surface area contributed by atoms with Crippen LogP contribution in [0.4, 0.5) is 18.9 Å². The molecule has 6 nitrogen and oxygen atoms in total. The number of aryl methyl sites for hydroxylation is 1. The van der Waals surface area contributed by atoms with Crippen LogP contribution in [0.3, 0.4) is 0 Å². The fourth-order valence-electron chi connectivity index (χ4n) is 4.10. The van der Waals surface area contributed by atoms with E-state index in [1.54, 1.807) is 18.3 Å². The van der Waals surface area contributed by atoms with Crippen molar-refractivity contribution in [3.63, 3.8) is 0 Å². The van der Waals surface area contributed by atoms with E-state index in [2.05, 4.69) is 15.6 Å². The zero-order chi connectivity index (χ0) is 25.9. The molecule has 0 saturated heterocycles. The minimum Gasteiger partial charge on any atom is -0.457 e. The smallest absolute Gasteiger partial charge is 0.417 e. The molecule has 0 spiro atoms. The van der Waals surface area contributed by atoms with Crippen LogP contribution in [0.2, 0.25) is 5.02 Å². The molecule has 1 atom stereocenters. The molecule has 0 bridgehead atoms. The summed E-state index contributed by atoms with van der Waals surface area (Å²) in [7, 11) is 0. The maximum atomic E-state index is 13.2. The maximum absolute atomic E-state index is 13.2. The third kappa shape index (κ3) is 5.96. The number of alkyl halides is 3. The van der Waals surface area contributed by atoms with Gasteiger partial charge < -0.3 is 15.4 Å². The number of benzene rings is 2. The maximum Gasteiger partial charge on any atom is 0.417 e. The highest BCUT2D eigenvalue weighted by molar-refractivity contribution is 6.31. The molecule has 3 aromatic rings. The Labute approximate surface area is 211 Å². The van der Waals surface area contributed by atoms with E-state index in [1.165, 1.54) is 6.07 Å². The monoisotopic (exact) mass is 516 g/mol. The quantitative estimate of drug-likeness (QED) is 0.268. The van der Waals surface area contributed by atoms with Gasteiger partial charge in [0.1, 0.15) is 23.0 Å². The molecular formula is C26H24ClF3N4O2. The summed E-state index contributed by atoms with van der Waals surface area (Å²) in [5.41, 5.74) is 1.57. The van der Waals surface area contributed by atoms with Crippen molar-refractivity contribution in [2.24, 2.45) is 5.92 Å². The number of rotatable bonds is 6. The number of anilines is 1. The van der Waals surface area contributed by atoms with Crippen molar-refractivity contribution in [2.45, 2.75) is 32.4 Å². The van der Waals surface area contributed by atoms with Gasteiger partial charge in [-0.25, -0.2) is 0 Å². The van der Waals surface area contributed by atoms with E-state index < -0.39 is 22.7 Å². The van der Waals surface area contributed by atoms with Gasteiger partial charge in [-0.15, -0.1) is 0 Å². The lowest BCUT2D eigenvalue weighted by atomic mass is 9.83. The largest absolute Gasteiger partial charge is 0.457 e. The Morgan fingerprint density at radius 1 is 1.14 bits per heavy atom. The standard InChI is InChI=1S/C26H24ClF3N4O2/c1-2-32-24(31)23-14-20(9-10-33-23)36-19-7-5-15-3-4-16(11-17(15)12-19)25(35)34-18-6-8-22(27)21(13-18)26(28,29)30/h5-10,12-14,16H,2-4,11H2,1H3,(H2,31,32)(H,34,35). The van der Waals surface area contributed by atoms with Crippen molar-refractivity contribution in [3.05, 3.63) is 82.1 Å². The highest BCUT2D eigenvalue weighted by atomic mass is 35.5. The number of nitrogens with zero attached hydrogens (tertiary/aromatic N) is 1. The SMILES string of the molecule is CCNC(=N)c1cc(Oc2ccc3c(c2)CC(C(=O)Nc2ccc(Cl)c(C(F)(F)F)c2)CC3)ccn1. The third-order valence-electron chi connectivity index (χ3n) is 5.89. The van der Waals surface area contributed by atoms with Gasteiger partial charge in [0.15, 0.2) is 0 Å². The molecule has 2 aromatic carbocycles. The molecule has 0 fully saturated rings. The van der Waals surface area contributed by atoms with Crippen LogP contribution in [-0.4, -0.2) is 23.3 Å². The second-order valence-corrected chi connectivity index (χ2v) is 8.84. The number of halogens is 4. The summed E-state index contributed by atoms with van der Waals surface area (Å²) in [5.74, 6) is 0.560.